The summed E-state index contributed by atoms with van der Waals surface area (Å²) in [6, 6.07) is 2.49. The number of piperazine rings is 1. The van der Waals surface area contributed by atoms with Crippen molar-refractivity contribution in [2.24, 2.45) is 7.05 Å². The molecule has 2 aliphatic heterocycles. The van der Waals surface area contributed by atoms with Gasteiger partial charge in [-0.3, -0.25) is 4.90 Å². The summed E-state index contributed by atoms with van der Waals surface area (Å²) < 4.78 is 2.07. The predicted octanol–water partition coefficient (Wildman–Crippen LogP) is 2.56. The molecule has 0 radical (unpaired) electrons. The first-order chi connectivity index (χ1) is 10.1. The topological polar surface area (TPSA) is 37.2 Å². The molecule has 5 nitrogen and oxygen atoms in total. The van der Waals surface area contributed by atoms with E-state index in [4.69, 9.17) is 28.2 Å². The second-order valence-electron chi connectivity index (χ2n) is 5.85. The second-order valence-corrected chi connectivity index (χ2v) is 6.60. The lowest BCUT2D eigenvalue weighted by Crippen LogP contribution is -2.50. The molecule has 1 atom stereocenters. The van der Waals surface area contributed by atoms with Crippen molar-refractivity contribution in [2.75, 3.05) is 31.1 Å². The van der Waals surface area contributed by atoms with E-state index >= 15 is 0 Å². The van der Waals surface area contributed by atoms with Gasteiger partial charge in [-0.2, -0.15) is 0 Å². The highest BCUT2D eigenvalue weighted by atomic mass is 35.5. The fourth-order valence-corrected chi connectivity index (χ4v) is 4.02. The number of aryl methyl sites for hydroxylation is 1. The summed E-state index contributed by atoms with van der Waals surface area (Å²) in [5, 5.41) is 0.779. The first kappa shape index (κ1) is 13.6. The van der Waals surface area contributed by atoms with Gasteiger partial charge in [0, 0.05) is 38.8 Å². The standard InChI is InChI=1S/C14H17Cl2N5/c1-19-10-7-11(15)17-13(16)12(10)18-14(19)21-6-5-20-4-2-3-9(20)8-21/h7,9H,2-6,8H2,1H3/t9-/m1/s1. The Hall–Kier alpha value is -1.04. The van der Waals surface area contributed by atoms with E-state index in [1.54, 1.807) is 0 Å². The van der Waals surface area contributed by atoms with Crippen molar-refractivity contribution in [3.8, 4) is 0 Å². The number of nitrogens with zero attached hydrogens (tertiary/aromatic N) is 5. The van der Waals surface area contributed by atoms with Gasteiger partial charge < -0.3 is 9.47 Å². The number of fused-ring (bicyclic) bond motifs is 2. The maximum atomic E-state index is 6.18. The van der Waals surface area contributed by atoms with Crippen LogP contribution in [0.4, 0.5) is 5.95 Å². The summed E-state index contributed by atoms with van der Waals surface area (Å²) in [7, 11) is 2.01. The van der Waals surface area contributed by atoms with E-state index in [0.29, 0.717) is 16.3 Å². The van der Waals surface area contributed by atoms with Crippen LogP contribution in [0.15, 0.2) is 6.07 Å². The van der Waals surface area contributed by atoms with Gasteiger partial charge in [0.15, 0.2) is 5.15 Å². The Labute approximate surface area is 133 Å². The first-order valence-corrected chi connectivity index (χ1v) is 8.06. The fourth-order valence-electron chi connectivity index (χ4n) is 3.56. The van der Waals surface area contributed by atoms with E-state index in [1.807, 2.05) is 13.1 Å². The molecule has 0 aliphatic carbocycles. The molecule has 0 amide bonds. The molecule has 7 heteroatoms. The van der Waals surface area contributed by atoms with Crippen molar-refractivity contribution in [1.29, 1.82) is 0 Å². The van der Waals surface area contributed by atoms with Gasteiger partial charge in [0.25, 0.3) is 0 Å². The average molecular weight is 326 g/mol. The molecule has 0 aromatic carbocycles. The minimum atomic E-state index is 0.374. The molecular weight excluding hydrogens is 309 g/mol. The first-order valence-electron chi connectivity index (χ1n) is 7.31. The molecule has 4 heterocycles. The molecule has 0 spiro atoms. The van der Waals surface area contributed by atoms with E-state index in [1.165, 1.54) is 19.4 Å². The van der Waals surface area contributed by atoms with Crippen molar-refractivity contribution in [3.63, 3.8) is 0 Å². The molecule has 21 heavy (non-hydrogen) atoms. The van der Waals surface area contributed by atoms with Crippen molar-refractivity contribution in [3.05, 3.63) is 16.4 Å². The maximum Gasteiger partial charge on any atom is 0.206 e. The molecule has 0 N–H and O–H groups in total. The van der Waals surface area contributed by atoms with E-state index in [9.17, 15) is 0 Å². The van der Waals surface area contributed by atoms with Gasteiger partial charge in [0.2, 0.25) is 5.95 Å². The van der Waals surface area contributed by atoms with Crippen LogP contribution in [0.5, 0.6) is 0 Å². The van der Waals surface area contributed by atoms with Crippen LogP contribution in [0.1, 0.15) is 12.8 Å². The Balaban J connectivity index is 1.73. The number of pyridine rings is 1. The zero-order valence-electron chi connectivity index (χ0n) is 11.9. The number of hydrogen-bond acceptors (Lipinski definition) is 4. The van der Waals surface area contributed by atoms with Crippen LogP contribution < -0.4 is 4.90 Å². The quantitative estimate of drug-likeness (QED) is 0.755. The molecular formula is C14H17Cl2N5. The summed E-state index contributed by atoms with van der Waals surface area (Å²) in [5.74, 6) is 0.961. The predicted molar refractivity (Wildman–Crippen MR) is 85.3 cm³/mol. The van der Waals surface area contributed by atoms with Crippen LogP contribution in [-0.2, 0) is 7.05 Å². The van der Waals surface area contributed by atoms with Gasteiger partial charge in [-0.05, 0) is 19.4 Å². The Kier molecular flexibility index (Phi) is 3.24. The summed E-state index contributed by atoms with van der Waals surface area (Å²) in [6.07, 6.45) is 2.60. The lowest BCUT2D eigenvalue weighted by molar-refractivity contribution is 0.229. The smallest absolute Gasteiger partial charge is 0.206 e. The van der Waals surface area contributed by atoms with Crippen LogP contribution in [0.3, 0.4) is 0 Å². The molecule has 2 saturated heterocycles. The SMILES string of the molecule is Cn1c(N2CCN3CCC[C@@H]3C2)nc2c(Cl)nc(Cl)cc21. The van der Waals surface area contributed by atoms with Crippen LogP contribution in [0, 0.1) is 0 Å². The normalized spacial score (nSPS) is 23.0. The van der Waals surface area contributed by atoms with Gasteiger partial charge in [0.05, 0.1) is 5.52 Å². The van der Waals surface area contributed by atoms with E-state index < -0.39 is 0 Å². The monoisotopic (exact) mass is 325 g/mol. The van der Waals surface area contributed by atoms with Crippen LogP contribution >= 0.6 is 23.2 Å². The third kappa shape index (κ3) is 2.18. The second kappa shape index (κ2) is 5.00. The Morgan fingerprint density at radius 2 is 2.05 bits per heavy atom. The Morgan fingerprint density at radius 1 is 1.19 bits per heavy atom. The Bertz CT molecular complexity index is 698. The molecule has 0 saturated carbocycles. The molecule has 2 aliphatic rings. The number of halogens is 2. The van der Waals surface area contributed by atoms with Crippen molar-refractivity contribution >= 4 is 40.2 Å². The van der Waals surface area contributed by atoms with Gasteiger partial charge in [-0.15, -0.1) is 0 Å². The van der Waals surface area contributed by atoms with Crippen molar-refractivity contribution < 1.29 is 0 Å². The van der Waals surface area contributed by atoms with Gasteiger partial charge in [0.1, 0.15) is 10.7 Å². The third-order valence-corrected chi connectivity index (χ3v) is 5.10. The molecule has 2 aromatic heterocycles. The number of rotatable bonds is 1. The van der Waals surface area contributed by atoms with E-state index in [2.05, 4.69) is 19.4 Å². The minimum absolute atomic E-state index is 0.374. The average Bonchev–Trinajstić information content (AvgIpc) is 3.04. The number of imidazole rings is 1. The van der Waals surface area contributed by atoms with Gasteiger partial charge in [-0.1, -0.05) is 23.2 Å². The van der Waals surface area contributed by atoms with Crippen LogP contribution in [-0.4, -0.2) is 51.7 Å². The molecule has 0 unspecified atom stereocenters. The molecule has 112 valence electrons. The number of anilines is 1. The molecule has 2 aromatic rings. The summed E-state index contributed by atoms with van der Waals surface area (Å²) in [6.45, 7) is 4.40. The van der Waals surface area contributed by atoms with E-state index in [-0.39, 0.29) is 0 Å². The highest BCUT2D eigenvalue weighted by Crippen LogP contribution is 2.30. The third-order valence-electron chi connectivity index (χ3n) is 4.64. The number of hydrogen-bond donors (Lipinski definition) is 0. The van der Waals surface area contributed by atoms with E-state index in [0.717, 1.165) is 36.6 Å². The fraction of sp³-hybridized carbons (Fsp3) is 0.571. The number of aromatic nitrogens is 3. The lowest BCUT2D eigenvalue weighted by atomic mass is 10.2. The molecule has 0 bridgehead atoms. The lowest BCUT2D eigenvalue weighted by Gasteiger charge is -2.37. The zero-order chi connectivity index (χ0) is 14.6. The largest absolute Gasteiger partial charge is 0.339 e. The zero-order valence-corrected chi connectivity index (χ0v) is 13.4. The van der Waals surface area contributed by atoms with Gasteiger partial charge in [-0.25, -0.2) is 9.97 Å². The maximum absolute atomic E-state index is 6.18. The summed E-state index contributed by atoms with van der Waals surface area (Å²) in [4.78, 5) is 13.7. The Morgan fingerprint density at radius 3 is 2.90 bits per heavy atom. The highest BCUT2D eigenvalue weighted by Gasteiger charge is 2.32. The summed E-state index contributed by atoms with van der Waals surface area (Å²) >= 11 is 12.2. The van der Waals surface area contributed by atoms with Crippen molar-refractivity contribution in [2.45, 2.75) is 18.9 Å². The molecule has 4 rings (SSSR count). The van der Waals surface area contributed by atoms with Gasteiger partial charge >= 0.3 is 0 Å². The minimum Gasteiger partial charge on any atom is -0.339 e. The summed E-state index contributed by atoms with van der Waals surface area (Å²) in [5.41, 5.74) is 1.66. The van der Waals surface area contributed by atoms with Crippen LogP contribution in [0.2, 0.25) is 10.3 Å². The van der Waals surface area contributed by atoms with Crippen LogP contribution in [0.25, 0.3) is 11.0 Å². The highest BCUT2D eigenvalue weighted by molar-refractivity contribution is 6.36. The molecule has 2 fully saturated rings. The van der Waals surface area contributed by atoms with Crippen molar-refractivity contribution in [1.82, 2.24) is 19.4 Å².